The highest BCUT2D eigenvalue weighted by atomic mass is 19.3. The molecule has 2 aromatic carbocycles. The summed E-state index contributed by atoms with van der Waals surface area (Å²) in [5, 5.41) is 9.20. The van der Waals surface area contributed by atoms with Gasteiger partial charge >= 0.3 is 12.6 Å². The number of alkyl halides is 2. The van der Waals surface area contributed by atoms with Gasteiger partial charge in [-0.15, -0.1) is 0 Å². The van der Waals surface area contributed by atoms with Crippen LogP contribution in [0.25, 0.3) is 23.2 Å². The van der Waals surface area contributed by atoms with Crippen LogP contribution in [0.1, 0.15) is 21.7 Å². The lowest BCUT2D eigenvalue weighted by atomic mass is 10.2. The van der Waals surface area contributed by atoms with Gasteiger partial charge in [0.1, 0.15) is 11.3 Å². The van der Waals surface area contributed by atoms with Crippen LogP contribution in [0, 0.1) is 0 Å². The van der Waals surface area contributed by atoms with Crippen LogP contribution in [0.5, 0.6) is 11.5 Å². The molecule has 0 radical (unpaired) electrons. The van der Waals surface area contributed by atoms with Gasteiger partial charge in [-0.3, -0.25) is 0 Å². The molecular formula is C18H14F2N2O4. The largest absolute Gasteiger partial charge is 0.493 e. The Hall–Kier alpha value is -3.42. The fraction of sp³-hybridized carbons (Fsp3) is 0.111. The Balaban J connectivity index is 1.89. The topological polar surface area (TPSA) is 84.4 Å². The summed E-state index contributed by atoms with van der Waals surface area (Å²) in [6.07, 6.45) is 3.33. The Labute approximate surface area is 146 Å². The number of nitrogens with one attached hydrogen (secondary N) is 1. The van der Waals surface area contributed by atoms with Crippen molar-refractivity contribution in [2.75, 3.05) is 7.11 Å². The normalized spacial score (nSPS) is 11.4. The molecule has 1 heterocycles. The van der Waals surface area contributed by atoms with Crippen LogP contribution in [0.3, 0.4) is 0 Å². The minimum absolute atomic E-state index is 0.0607. The molecule has 2 N–H and O–H groups in total. The zero-order chi connectivity index (χ0) is 18.7. The molecule has 3 rings (SSSR count). The number of para-hydroxylation sites is 1. The van der Waals surface area contributed by atoms with E-state index in [9.17, 15) is 18.7 Å². The van der Waals surface area contributed by atoms with Crippen LogP contribution in [0.4, 0.5) is 8.78 Å². The molecule has 1 aromatic heterocycles. The van der Waals surface area contributed by atoms with Crippen LogP contribution in [-0.2, 0) is 0 Å². The van der Waals surface area contributed by atoms with Crippen molar-refractivity contribution in [1.29, 1.82) is 0 Å². The maximum atomic E-state index is 12.4. The van der Waals surface area contributed by atoms with E-state index >= 15 is 0 Å². The number of ether oxygens (including phenoxy) is 2. The van der Waals surface area contributed by atoms with E-state index in [1.54, 1.807) is 36.4 Å². The number of hydrogen-bond donors (Lipinski definition) is 2. The average molecular weight is 360 g/mol. The van der Waals surface area contributed by atoms with Gasteiger partial charge in [0.05, 0.1) is 18.2 Å². The molecule has 0 unspecified atom stereocenters. The minimum atomic E-state index is -2.94. The monoisotopic (exact) mass is 360 g/mol. The second kappa shape index (κ2) is 7.22. The lowest BCUT2D eigenvalue weighted by molar-refractivity contribution is -0.0512. The summed E-state index contributed by atoms with van der Waals surface area (Å²) < 4.78 is 34.1. The number of hydrogen-bond acceptors (Lipinski definition) is 4. The molecule has 0 bridgehead atoms. The van der Waals surface area contributed by atoms with E-state index in [1.807, 2.05) is 0 Å². The van der Waals surface area contributed by atoms with Crippen LogP contribution in [0.2, 0.25) is 0 Å². The first kappa shape index (κ1) is 17.4. The van der Waals surface area contributed by atoms with Gasteiger partial charge in [0.25, 0.3) is 0 Å². The van der Waals surface area contributed by atoms with Crippen molar-refractivity contribution in [3.8, 4) is 11.5 Å². The number of nitrogens with zero attached hydrogens (tertiary/aromatic N) is 1. The number of benzene rings is 2. The zero-order valence-corrected chi connectivity index (χ0v) is 13.6. The summed E-state index contributed by atoms with van der Waals surface area (Å²) >= 11 is 0. The number of carboxylic acids is 1. The molecule has 0 amide bonds. The standard InChI is InChI=1S/C18H14F2N2O4/c1-25-14-9-10(5-7-13(14)26-18(19)20)6-8-15-21-12-4-2-3-11(17(23)24)16(12)22-15/h2-9,18H,1H3,(H,21,22)(H,23,24). The van der Waals surface area contributed by atoms with Crippen molar-refractivity contribution in [2.45, 2.75) is 6.61 Å². The third-order valence-corrected chi connectivity index (χ3v) is 3.60. The first-order valence-corrected chi connectivity index (χ1v) is 7.51. The summed E-state index contributed by atoms with van der Waals surface area (Å²) in [6, 6.07) is 9.34. The molecule has 3 aromatic rings. The number of rotatable bonds is 6. The quantitative estimate of drug-likeness (QED) is 0.693. The van der Waals surface area contributed by atoms with Crippen LogP contribution < -0.4 is 9.47 Å². The lowest BCUT2D eigenvalue weighted by Gasteiger charge is -2.10. The maximum absolute atomic E-state index is 12.4. The lowest BCUT2D eigenvalue weighted by Crippen LogP contribution is -2.03. The van der Waals surface area contributed by atoms with Gasteiger partial charge < -0.3 is 19.6 Å². The van der Waals surface area contributed by atoms with Gasteiger partial charge in [-0.1, -0.05) is 18.2 Å². The number of H-pyrrole nitrogens is 1. The Bertz CT molecular complexity index is 982. The first-order chi connectivity index (χ1) is 12.5. The molecule has 0 aliphatic heterocycles. The molecule has 0 saturated heterocycles. The van der Waals surface area contributed by atoms with E-state index in [1.165, 1.54) is 19.2 Å². The van der Waals surface area contributed by atoms with Gasteiger partial charge in [-0.25, -0.2) is 9.78 Å². The van der Waals surface area contributed by atoms with Gasteiger partial charge in [0.15, 0.2) is 11.5 Å². The van der Waals surface area contributed by atoms with E-state index in [4.69, 9.17) is 4.74 Å². The maximum Gasteiger partial charge on any atom is 0.387 e. The highest BCUT2D eigenvalue weighted by Gasteiger charge is 2.12. The summed E-state index contributed by atoms with van der Waals surface area (Å²) in [6.45, 7) is -2.94. The fourth-order valence-electron chi connectivity index (χ4n) is 2.46. The molecular weight excluding hydrogens is 346 g/mol. The smallest absolute Gasteiger partial charge is 0.387 e. The summed E-state index contributed by atoms with van der Waals surface area (Å²) in [5.41, 5.74) is 1.73. The number of imidazole rings is 1. The minimum Gasteiger partial charge on any atom is -0.493 e. The number of aromatic amines is 1. The number of carbonyl (C=O) groups is 1. The highest BCUT2D eigenvalue weighted by molar-refractivity contribution is 6.01. The predicted octanol–water partition coefficient (Wildman–Crippen LogP) is 4.04. The van der Waals surface area contributed by atoms with E-state index in [0.29, 0.717) is 22.4 Å². The Morgan fingerprint density at radius 1 is 1.23 bits per heavy atom. The van der Waals surface area contributed by atoms with Gasteiger partial charge in [0, 0.05) is 0 Å². The van der Waals surface area contributed by atoms with Crippen molar-refractivity contribution >= 4 is 29.2 Å². The van der Waals surface area contributed by atoms with Crippen molar-refractivity contribution < 1.29 is 28.2 Å². The van der Waals surface area contributed by atoms with Crippen molar-refractivity contribution in [3.05, 3.63) is 53.3 Å². The molecule has 0 aliphatic carbocycles. The SMILES string of the molecule is COc1cc(C=Cc2nc3c(C(=O)O)cccc3[nH]2)ccc1OC(F)F. The molecule has 0 aliphatic rings. The van der Waals surface area contributed by atoms with E-state index < -0.39 is 12.6 Å². The molecule has 6 nitrogen and oxygen atoms in total. The first-order valence-electron chi connectivity index (χ1n) is 7.51. The number of aromatic carboxylic acids is 1. The van der Waals surface area contributed by atoms with E-state index in [-0.39, 0.29) is 17.1 Å². The third kappa shape index (κ3) is 3.64. The average Bonchev–Trinajstić information content (AvgIpc) is 3.03. The van der Waals surface area contributed by atoms with Crippen LogP contribution >= 0.6 is 0 Å². The number of fused-ring (bicyclic) bond motifs is 1. The molecule has 8 heteroatoms. The van der Waals surface area contributed by atoms with Crippen LogP contribution in [0.15, 0.2) is 36.4 Å². The van der Waals surface area contributed by atoms with Crippen molar-refractivity contribution in [2.24, 2.45) is 0 Å². The third-order valence-electron chi connectivity index (χ3n) is 3.60. The number of halogens is 2. The van der Waals surface area contributed by atoms with Crippen LogP contribution in [-0.4, -0.2) is 34.8 Å². The van der Waals surface area contributed by atoms with E-state index in [0.717, 1.165) is 0 Å². The van der Waals surface area contributed by atoms with Crippen molar-refractivity contribution in [1.82, 2.24) is 9.97 Å². The molecule has 0 fully saturated rings. The molecule has 0 saturated carbocycles. The molecule has 0 atom stereocenters. The number of aromatic nitrogens is 2. The summed E-state index contributed by atoms with van der Waals surface area (Å²) in [7, 11) is 1.35. The fourth-order valence-corrected chi connectivity index (χ4v) is 2.46. The van der Waals surface area contributed by atoms with Crippen molar-refractivity contribution in [3.63, 3.8) is 0 Å². The second-order valence-corrected chi connectivity index (χ2v) is 5.25. The van der Waals surface area contributed by atoms with Gasteiger partial charge in [-0.2, -0.15) is 8.78 Å². The summed E-state index contributed by atoms with van der Waals surface area (Å²) in [5.74, 6) is -0.489. The predicted molar refractivity (Wildman–Crippen MR) is 91.6 cm³/mol. The Morgan fingerprint density at radius 3 is 2.73 bits per heavy atom. The number of methoxy groups -OCH3 is 1. The second-order valence-electron chi connectivity index (χ2n) is 5.25. The zero-order valence-electron chi connectivity index (χ0n) is 13.6. The molecule has 134 valence electrons. The highest BCUT2D eigenvalue weighted by Crippen LogP contribution is 2.30. The summed E-state index contributed by atoms with van der Waals surface area (Å²) in [4.78, 5) is 18.5. The Morgan fingerprint density at radius 2 is 2.04 bits per heavy atom. The Kier molecular flexibility index (Phi) is 4.83. The number of carboxylic acid groups (broad SMARTS) is 1. The molecule has 0 spiro atoms. The molecule has 26 heavy (non-hydrogen) atoms. The van der Waals surface area contributed by atoms with Gasteiger partial charge in [-0.05, 0) is 35.9 Å². The van der Waals surface area contributed by atoms with Gasteiger partial charge in [0.2, 0.25) is 0 Å². The van der Waals surface area contributed by atoms with E-state index in [2.05, 4.69) is 14.7 Å².